The van der Waals surface area contributed by atoms with E-state index in [9.17, 15) is 19.8 Å². The number of carbonyl (C=O) groups excluding carboxylic acids is 2. The number of ether oxygens (including phenoxy) is 1. The van der Waals surface area contributed by atoms with Crippen LogP contribution >= 0.6 is 0 Å². The molecule has 0 aliphatic heterocycles. The molecule has 0 fully saturated rings. The van der Waals surface area contributed by atoms with Crippen molar-refractivity contribution in [2.75, 3.05) is 13.2 Å². The molecule has 0 aliphatic carbocycles. The van der Waals surface area contributed by atoms with Crippen LogP contribution in [-0.2, 0) is 14.3 Å². The summed E-state index contributed by atoms with van der Waals surface area (Å²) in [6, 6.07) is -0.551. The van der Waals surface area contributed by atoms with Crippen molar-refractivity contribution in [2.24, 2.45) is 0 Å². The average Bonchev–Trinajstić information content (AvgIpc) is 3.32. The van der Waals surface area contributed by atoms with E-state index in [1.807, 2.05) is 0 Å². The molecule has 0 aliphatic rings. The van der Waals surface area contributed by atoms with Crippen LogP contribution in [0.1, 0.15) is 322 Å². The first-order valence-corrected chi connectivity index (χ1v) is 29.6. The Morgan fingerprint density at radius 1 is 0.409 bits per heavy atom. The average molecular weight is 931 g/mol. The maximum atomic E-state index is 12.5. The van der Waals surface area contributed by atoms with Crippen LogP contribution in [-0.4, -0.2) is 47.4 Å². The van der Waals surface area contributed by atoms with E-state index in [0.29, 0.717) is 25.9 Å². The second kappa shape index (κ2) is 55.9. The normalized spacial score (nSPS) is 12.7. The molecule has 0 aromatic heterocycles. The molecule has 66 heavy (non-hydrogen) atoms. The summed E-state index contributed by atoms with van der Waals surface area (Å²) < 4.78 is 5.48. The molecule has 0 rings (SSSR count). The van der Waals surface area contributed by atoms with Gasteiger partial charge in [-0.05, 0) is 77.0 Å². The van der Waals surface area contributed by atoms with Gasteiger partial charge in [-0.15, -0.1) is 0 Å². The maximum Gasteiger partial charge on any atom is 0.305 e. The van der Waals surface area contributed by atoms with Crippen LogP contribution in [0, 0.1) is 0 Å². The summed E-state index contributed by atoms with van der Waals surface area (Å²) in [4.78, 5) is 24.5. The Kier molecular flexibility index (Phi) is 54.5. The standard InChI is InChI=1S/C60H115NO5/c1-3-5-7-9-11-13-15-17-19-22-26-30-34-38-42-46-50-54-60(65)66-55-51-47-43-39-35-31-27-24-21-20-23-25-29-33-37-41-45-49-53-59(64)61-57(56-62)58(63)52-48-44-40-36-32-28-18-16-14-12-10-8-6-4-2/h17,19,23,25,57-58,62-63H,3-16,18,20-22,24,26-56H2,1-2H3,(H,61,64)/b19-17-,25-23-. The molecule has 2 atom stereocenters. The minimum atomic E-state index is -0.672. The highest BCUT2D eigenvalue weighted by atomic mass is 16.5. The quantitative estimate of drug-likeness (QED) is 0.0321. The van der Waals surface area contributed by atoms with Crippen LogP contribution in [0.25, 0.3) is 0 Å². The van der Waals surface area contributed by atoms with Crippen molar-refractivity contribution in [2.45, 2.75) is 334 Å². The number of unbranched alkanes of at least 4 members (excludes halogenated alkanes) is 40. The van der Waals surface area contributed by atoms with Gasteiger partial charge in [-0.2, -0.15) is 0 Å². The lowest BCUT2D eigenvalue weighted by Crippen LogP contribution is -2.45. The van der Waals surface area contributed by atoms with Crippen molar-refractivity contribution in [1.82, 2.24) is 5.32 Å². The van der Waals surface area contributed by atoms with E-state index in [4.69, 9.17) is 4.74 Å². The summed E-state index contributed by atoms with van der Waals surface area (Å²) in [6.07, 6.45) is 67.4. The third-order valence-corrected chi connectivity index (χ3v) is 13.7. The Balaban J connectivity index is 3.43. The summed E-state index contributed by atoms with van der Waals surface area (Å²) in [5.74, 6) is -0.0484. The minimum absolute atomic E-state index is 0.0000887. The number of rotatable bonds is 55. The molecule has 0 radical (unpaired) electrons. The van der Waals surface area contributed by atoms with Gasteiger partial charge in [0.2, 0.25) is 5.91 Å². The van der Waals surface area contributed by atoms with Gasteiger partial charge in [0, 0.05) is 12.8 Å². The van der Waals surface area contributed by atoms with Crippen LogP contribution in [0.3, 0.4) is 0 Å². The molecule has 0 aromatic rings. The Bertz CT molecular complexity index is 1030. The van der Waals surface area contributed by atoms with Crippen LogP contribution in [0.4, 0.5) is 0 Å². The molecule has 0 saturated heterocycles. The molecule has 2 unspecified atom stereocenters. The van der Waals surface area contributed by atoms with Gasteiger partial charge in [-0.25, -0.2) is 0 Å². The Labute approximate surface area is 411 Å². The Morgan fingerprint density at radius 2 is 0.712 bits per heavy atom. The van der Waals surface area contributed by atoms with Crippen LogP contribution in [0.15, 0.2) is 24.3 Å². The lowest BCUT2D eigenvalue weighted by Gasteiger charge is -2.22. The first-order valence-electron chi connectivity index (χ1n) is 29.6. The molecule has 0 saturated carbocycles. The van der Waals surface area contributed by atoms with Gasteiger partial charge < -0.3 is 20.3 Å². The van der Waals surface area contributed by atoms with Gasteiger partial charge in [0.1, 0.15) is 0 Å². The number of allylic oxidation sites excluding steroid dienone is 4. The molecule has 0 bridgehead atoms. The maximum absolute atomic E-state index is 12.5. The lowest BCUT2D eigenvalue weighted by molar-refractivity contribution is -0.143. The molecule has 3 N–H and O–H groups in total. The predicted molar refractivity (Wildman–Crippen MR) is 287 cm³/mol. The van der Waals surface area contributed by atoms with Crippen molar-refractivity contribution in [3.8, 4) is 0 Å². The zero-order valence-corrected chi connectivity index (χ0v) is 44.4. The van der Waals surface area contributed by atoms with E-state index in [2.05, 4.69) is 43.5 Å². The van der Waals surface area contributed by atoms with E-state index in [0.717, 1.165) is 57.8 Å². The van der Waals surface area contributed by atoms with Gasteiger partial charge >= 0.3 is 5.97 Å². The van der Waals surface area contributed by atoms with Gasteiger partial charge in [0.05, 0.1) is 25.4 Å². The molecular formula is C60H115NO5. The summed E-state index contributed by atoms with van der Waals surface area (Å²) >= 11 is 0. The number of esters is 1. The fraction of sp³-hybridized carbons (Fsp3) is 0.900. The summed E-state index contributed by atoms with van der Waals surface area (Å²) in [6.45, 7) is 4.94. The summed E-state index contributed by atoms with van der Waals surface area (Å²) in [5, 5.41) is 23.2. The molecular weight excluding hydrogens is 815 g/mol. The number of amides is 1. The third kappa shape index (κ3) is 51.7. The fourth-order valence-corrected chi connectivity index (χ4v) is 9.16. The second-order valence-corrected chi connectivity index (χ2v) is 20.3. The smallest absolute Gasteiger partial charge is 0.305 e. The number of hydrogen-bond donors (Lipinski definition) is 3. The van der Waals surface area contributed by atoms with Crippen molar-refractivity contribution >= 4 is 11.9 Å². The van der Waals surface area contributed by atoms with Crippen molar-refractivity contribution in [1.29, 1.82) is 0 Å². The van der Waals surface area contributed by atoms with Gasteiger partial charge in [0.15, 0.2) is 0 Å². The van der Waals surface area contributed by atoms with Gasteiger partial charge in [0.25, 0.3) is 0 Å². The van der Waals surface area contributed by atoms with Crippen molar-refractivity contribution < 1.29 is 24.5 Å². The van der Waals surface area contributed by atoms with Crippen molar-refractivity contribution in [3.05, 3.63) is 24.3 Å². The van der Waals surface area contributed by atoms with Gasteiger partial charge in [-0.1, -0.05) is 256 Å². The third-order valence-electron chi connectivity index (χ3n) is 13.7. The predicted octanol–water partition coefficient (Wildman–Crippen LogP) is 18.2. The van der Waals surface area contributed by atoms with E-state index in [1.54, 1.807) is 0 Å². The Morgan fingerprint density at radius 3 is 1.08 bits per heavy atom. The van der Waals surface area contributed by atoms with Gasteiger partial charge in [-0.3, -0.25) is 9.59 Å². The molecule has 390 valence electrons. The zero-order chi connectivity index (χ0) is 47.9. The Hall–Kier alpha value is -1.66. The van der Waals surface area contributed by atoms with E-state index < -0.39 is 12.1 Å². The first kappa shape index (κ1) is 64.3. The highest BCUT2D eigenvalue weighted by Gasteiger charge is 2.20. The van der Waals surface area contributed by atoms with E-state index in [-0.39, 0.29) is 18.5 Å². The monoisotopic (exact) mass is 930 g/mol. The highest BCUT2D eigenvalue weighted by molar-refractivity contribution is 5.76. The molecule has 0 aromatic carbocycles. The number of hydrogen-bond acceptors (Lipinski definition) is 5. The van der Waals surface area contributed by atoms with E-state index >= 15 is 0 Å². The number of aliphatic hydroxyl groups is 2. The lowest BCUT2D eigenvalue weighted by atomic mass is 10.0. The summed E-state index contributed by atoms with van der Waals surface area (Å²) in [7, 11) is 0. The van der Waals surface area contributed by atoms with Crippen molar-refractivity contribution in [3.63, 3.8) is 0 Å². The zero-order valence-electron chi connectivity index (χ0n) is 44.4. The SMILES string of the molecule is CCCCCCCC/C=C\CCCCCCCCCC(=O)OCCCCCCCCCCC/C=C\CCCCCCCC(=O)NC(CO)C(O)CCCCCCCCCCCCCCCC. The number of nitrogens with one attached hydrogen (secondary N) is 1. The highest BCUT2D eigenvalue weighted by Crippen LogP contribution is 2.17. The van der Waals surface area contributed by atoms with Crippen LogP contribution < -0.4 is 5.32 Å². The summed E-state index contributed by atoms with van der Waals surface area (Å²) in [5.41, 5.74) is 0. The molecule has 1 amide bonds. The second-order valence-electron chi connectivity index (χ2n) is 20.3. The molecule has 6 nitrogen and oxygen atoms in total. The molecule has 6 heteroatoms. The molecule has 0 heterocycles. The minimum Gasteiger partial charge on any atom is -0.466 e. The largest absolute Gasteiger partial charge is 0.466 e. The fourth-order valence-electron chi connectivity index (χ4n) is 9.16. The number of aliphatic hydroxyl groups excluding tert-OH is 2. The first-order chi connectivity index (χ1) is 32.5. The number of carbonyl (C=O) groups is 2. The topological polar surface area (TPSA) is 95.9 Å². The van der Waals surface area contributed by atoms with Crippen LogP contribution in [0.2, 0.25) is 0 Å². The van der Waals surface area contributed by atoms with E-state index in [1.165, 1.54) is 231 Å². The van der Waals surface area contributed by atoms with Crippen LogP contribution in [0.5, 0.6) is 0 Å². The molecule has 0 spiro atoms.